The molecule has 144 valence electrons. The molecule has 27 heavy (non-hydrogen) atoms. The number of benzene rings is 2. The predicted octanol–water partition coefficient (Wildman–Crippen LogP) is 4.39. The van der Waals surface area contributed by atoms with Crippen LogP contribution in [0.25, 0.3) is 0 Å². The van der Waals surface area contributed by atoms with Gasteiger partial charge in [0.05, 0.1) is 17.3 Å². The molecule has 0 aliphatic rings. The Hall–Kier alpha value is -2.31. The van der Waals surface area contributed by atoms with Gasteiger partial charge in [0.1, 0.15) is 11.6 Å². The molecule has 0 saturated carbocycles. The molecule has 2 aromatic rings. The fraction of sp³-hybridized carbons (Fsp3) is 0.263. The van der Waals surface area contributed by atoms with Gasteiger partial charge in [-0.3, -0.25) is 9.59 Å². The monoisotopic (exact) mass is 412 g/mol. The van der Waals surface area contributed by atoms with Gasteiger partial charge in [0, 0.05) is 11.6 Å². The first kappa shape index (κ1) is 21.0. The lowest BCUT2D eigenvalue weighted by molar-refractivity contribution is -0.136. The van der Waals surface area contributed by atoms with Crippen LogP contribution < -0.4 is 10.1 Å². The van der Waals surface area contributed by atoms with E-state index in [1.165, 1.54) is 35.2 Å². The summed E-state index contributed by atoms with van der Waals surface area (Å²) in [5.74, 6) is -0.773. The predicted molar refractivity (Wildman–Crippen MR) is 104 cm³/mol. The van der Waals surface area contributed by atoms with Gasteiger partial charge in [0.2, 0.25) is 5.91 Å². The summed E-state index contributed by atoms with van der Waals surface area (Å²) in [4.78, 5) is 26.1. The molecule has 0 unspecified atom stereocenters. The van der Waals surface area contributed by atoms with Crippen molar-refractivity contribution in [3.05, 3.63) is 58.3 Å². The lowest BCUT2D eigenvalue weighted by Gasteiger charge is -2.22. The molecule has 1 N–H and O–H groups in total. The zero-order valence-corrected chi connectivity index (χ0v) is 16.2. The van der Waals surface area contributed by atoms with E-state index in [1.807, 2.05) is 6.92 Å². The van der Waals surface area contributed by atoms with E-state index in [9.17, 15) is 14.0 Å². The second-order valence-electron chi connectivity index (χ2n) is 5.73. The third-order valence-electron chi connectivity index (χ3n) is 3.56. The molecule has 0 aromatic heterocycles. The van der Waals surface area contributed by atoms with E-state index < -0.39 is 11.7 Å². The number of carbonyl (C=O) groups excluding carboxylic acids is 2. The summed E-state index contributed by atoms with van der Waals surface area (Å²) < 4.78 is 18.3. The van der Waals surface area contributed by atoms with Gasteiger partial charge in [-0.25, -0.2) is 4.39 Å². The average molecular weight is 413 g/mol. The third kappa shape index (κ3) is 6.73. The quantitative estimate of drug-likeness (QED) is 0.699. The fourth-order valence-electron chi connectivity index (χ4n) is 2.29. The Balaban J connectivity index is 1.94. The lowest BCUT2D eigenvalue weighted by Crippen LogP contribution is -2.41. The molecule has 0 bridgehead atoms. The number of hydrogen-bond donors (Lipinski definition) is 1. The standard InChI is InChI=1S/C19H19Cl2FN2O3/c1-2-9-24(19(26)12-27-15-6-4-14(22)5-7-15)11-18(25)23-17-10-13(20)3-8-16(17)21/h3-8,10H,2,9,11-12H2,1H3,(H,23,25). The van der Waals surface area contributed by atoms with Crippen molar-refractivity contribution in [3.8, 4) is 5.75 Å². The molecule has 8 heteroatoms. The molecule has 5 nitrogen and oxygen atoms in total. The normalized spacial score (nSPS) is 10.4. The first-order valence-corrected chi connectivity index (χ1v) is 9.05. The second kappa shape index (κ2) is 10.1. The highest BCUT2D eigenvalue weighted by molar-refractivity contribution is 6.35. The van der Waals surface area contributed by atoms with E-state index in [4.69, 9.17) is 27.9 Å². The minimum absolute atomic E-state index is 0.151. The molecule has 2 aromatic carbocycles. The molecule has 0 aliphatic carbocycles. The van der Waals surface area contributed by atoms with E-state index in [1.54, 1.807) is 12.1 Å². The summed E-state index contributed by atoms with van der Waals surface area (Å²) in [7, 11) is 0. The van der Waals surface area contributed by atoms with Gasteiger partial charge in [0.15, 0.2) is 6.61 Å². The number of amides is 2. The first-order valence-electron chi connectivity index (χ1n) is 8.30. The number of halogens is 3. The number of nitrogens with zero attached hydrogens (tertiary/aromatic N) is 1. The Bertz CT molecular complexity index is 800. The Kier molecular flexibility index (Phi) is 7.88. The summed E-state index contributed by atoms with van der Waals surface area (Å²) in [5.41, 5.74) is 0.376. The van der Waals surface area contributed by atoms with Crippen LogP contribution in [-0.4, -0.2) is 36.4 Å². The van der Waals surface area contributed by atoms with E-state index >= 15 is 0 Å². The molecule has 2 amide bonds. The number of anilines is 1. The third-order valence-corrected chi connectivity index (χ3v) is 4.12. The smallest absolute Gasteiger partial charge is 0.260 e. The van der Waals surface area contributed by atoms with Gasteiger partial charge in [-0.2, -0.15) is 0 Å². The van der Waals surface area contributed by atoms with Crippen molar-refractivity contribution in [2.45, 2.75) is 13.3 Å². The minimum atomic E-state index is -0.400. The molecule has 0 spiro atoms. The molecular formula is C19H19Cl2FN2O3. The number of rotatable bonds is 8. The van der Waals surface area contributed by atoms with Gasteiger partial charge in [-0.05, 0) is 48.9 Å². The second-order valence-corrected chi connectivity index (χ2v) is 6.57. The Labute approximate surface area is 167 Å². The van der Waals surface area contributed by atoms with E-state index in [-0.39, 0.29) is 19.1 Å². The van der Waals surface area contributed by atoms with Gasteiger partial charge in [0.25, 0.3) is 5.91 Å². The van der Waals surface area contributed by atoms with Crippen molar-refractivity contribution in [1.29, 1.82) is 0 Å². The van der Waals surface area contributed by atoms with Gasteiger partial charge >= 0.3 is 0 Å². The zero-order chi connectivity index (χ0) is 19.8. The largest absolute Gasteiger partial charge is 0.484 e. The number of hydrogen-bond acceptors (Lipinski definition) is 3. The first-order chi connectivity index (χ1) is 12.9. The fourth-order valence-corrected chi connectivity index (χ4v) is 2.62. The maximum atomic E-state index is 12.9. The Morgan fingerprint density at radius 3 is 2.52 bits per heavy atom. The summed E-state index contributed by atoms with van der Waals surface area (Å²) in [6.07, 6.45) is 0.674. The average Bonchev–Trinajstić information content (AvgIpc) is 2.63. The summed E-state index contributed by atoms with van der Waals surface area (Å²) in [6.45, 7) is 1.88. The maximum Gasteiger partial charge on any atom is 0.260 e. The van der Waals surface area contributed by atoms with E-state index in [0.717, 1.165) is 0 Å². The van der Waals surface area contributed by atoms with Crippen LogP contribution in [0.1, 0.15) is 13.3 Å². The molecule has 2 rings (SSSR count). The van der Waals surface area contributed by atoms with Gasteiger partial charge in [-0.1, -0.05) is 30.1 Å². The Morgan fingerprint density at radius 2 is 1.85 bits per heavy atom. The van der Waals surface area contributed by atoms with Crippen LogP contribution in [0.2, 0.25) is 10.0 Å². The van der Waals surface area contributed by atoms with Crippen LogP contribution in [0, 0.1) is 5.82 Å². The maximum absolute atomic E-state index is 12.9. The van der Waals surface area contributed by atoms with Gasteiger partial charge < -0.3 is 15.0 Å². The van der Waals surface area contributed by atoms with E-state index in [2.05, 4.69) is 5.32 Å². The highest BCUT2D eigenvalue weighted by atomic mass is 35.5. The van der Waals surface area contributed by atoms with Crippen molar-refractivity contribution in [1.82, 2.24) is 4.90 Å². The van der Waals surface area contributed by atoms with Crippen molar-refractivity contribution >= 4 is 40.7 Å². The van der Waals surface area contributed by atoms with Crippen LogP contribution in [0.3, 0.4) is 0 Å². The van der Waals surface area contributed by atoms with Crippen molar-refractivity contribution < 1.29 is 18.7 Å². The molecule has 0 atom stereocenters. The number of carbonyl (C=O) groups is 2. The SMILES string of the molecule is CCCN(CC(=O)Nc1cc(Cl)ccc1Cl)C(=O)COc1ccc(F)cc1. The van der Waals surface area contributed by atoms with Crippen LogP contribution >= 0.6 is 23.2 Å². The number of nitrogens with one attached hydrogen (secondary N) is 1. The molecule has 0 fully saturated rings. The van der Waals surface area contributed by atoms with E-state index in [0.29, 0.717) is 34.4 Å². The van der Waals surface area contributed by atoms with Crippen molar-refractivity contribution in [2.24, 2.45) is 0 Å². The molecule has 0 heterocycles. The number of ether oxygens (including phenoxy) is 1. The highest BCUT2D eigenvalue weighted by Gasteiger charge is 2.18. The van der Waals surface area contributed by atoms with Crippen LogP contribution in [0.5, 0.6) is 5.75 Å². The molecular weight excluding hydrogens is 394 g/mol. The van der Waals surface area contributed by atoms with Crippen LogP contribution in [0.15, 0.2) is 42.5 Å². The summed E-state index contributed by atoms with van der Waals surface area (Å²) >= 11 is 11.9. The zero-order valence-electron chi connectivity index (χ0n) is 14.7. The van der Waals surface area contributed by atoms with Crippen molar-refractivity contribution in [2.75, 3.05) is 25.0 Å². The minimum Gasteiger partial charge on any atom is -0.484 e. The molecule has 0 radical (unpaired) electrons. The molecule has 0 saturated heterocycles. The summed E-state index contributed by atoms with van der Waals surface area (Å²) in [6, 6.07) is 10.1. The molecule has 0 aliphatic heterocycles. The summed E-state index contributed by atoms with van der Waals surface area (Å²) in [5, 5.41) is 3.43. The lowest BCUT2D eigenvalue weighted by atomic mass is 10.3. The van der Waals surface area contributed by atoms with Crippen LogP contribution in [0.4, 0.5) is 10.1 Å². The highest BCUT2D eigenvalue weighted by Crippen LogP contribution is 2.25. The van der Waals surface area contributed by atoms with Crippen LogP contribution in [-0.2, 0) is 9.59 Å². The van der Waals surface area contributed by atoms with Gasteiger partial charge in [-0.15, -0.1) is 0 Å². The Morgan fingerprint density at radius 1 is 1.15 bits per heavy atom. The topological polar surface area (TPSA) is 58.6 Å². The van der Waals surface area contributed by atoms with Crippen molar-refractivity contribution in [3.63, 3.8) is 0 Å².